The minimum absolute atomic E-state index is 0.0527. The Hall–Kier alpha value is -2.99. The van der Waals surface area contributed by atoms with Gasteiger partial charge in [-0.2, -0.15) is 0 Å². The number of carboxylic acids is 1. The maximum atomic E-state index is 13.3. The summed E-state index contributed by atoms with van der Waals surface area (Å²) >= 11 is 0. The molecule has 33 heavy (non-hydrogen) atoms. The van der Waals surface area contributed by atoms with Crippen molar-refractivity contribution >= 4 is 31.0 Å². The lowest BCUT2D eigenvalue weighted by Crippen LogP contribution is -2.54. The first kappa shape index (κ1) is 24.6. The molecule has 0 fully saturated rings. The zero-order valence-corrected chi connectivity index (χ0v) is 19.5. The van der Waals surface area contributed by atoms with E-state index < -0.39 is 30.6 Å². The van der Waals surface area contributed by atoms with E-state index in [4.69, 9.17) is 4.52 Å². The average Bonchev–Trinajstić information content (AvgIpc) is 2.79. The van der Waals surface area contributed by atoms with E-state index in [2.05, 4.69) is 4.98 Å². The minimum Gasteiger partial charge on any atom is -0.477 e. The monoisotopic (exact) mass is 470 g/mol. The quantitative estimate of drug-likeness (QED) is 0.399. The van der Waals surface area contributed by atoms with Crippen molar-refractivity contribution in [2.45, 2.75) is 31.0 Å². The molecule has 6 nitrogen and oxygen atoms in total. The lowest BCUT2D eigenvalue weighted by atomic mass is 9.76. The highest BCUT2D eigenvalue weighted by Crippen LogP contribution is 2.55. The van der Waals surface area contributed by atoms with Gasteiger partial charge in [0.15, 0.2) is 5.60 Å². The SMILES string of the molecule is CO[P+](=O)C(C=Cc1ccc(F)cc1)(C(=O)O)C(O)(CC(C)C)c1ccc2ccccc2n1. The highest BCUT2D eigenvalue weighted by atomic mass is 31.1. The maximum absolute atomic E-state index is 13.3. The van der Waals surface area contributed by atoms with Gasteiger partial charge < -0.3 is 10.2 Å². The van der Waals surface area contributed by atoms with Crippen LogP contribution in [0.1, 0.15) is 31.5 Å². The number of carboxylic acid groups (broad SMARTS) is 1. The third-order valence-electron chi connectivity index (χ3n) is 5.52. The second kappa shape index (κ2) is 9.87. The molecule has 2 N–H and O–H groups in total. The van der Waals surface area contributed by atoms with Gasteiger partial charge in [-0.05, 0) is 52.8 Å². The standard InChI is InChI=1S/C25H25FNO5P/c1-17(2)16-24(30,22-13-10-19-6-4-5-7-21(19)27-22)25(23(28)29,33(31)32-3)15-14-18-8-11-20(26)12-9-18/h4-15,17,30H,16H2,1-3H3/p+1. The van der Waals surface area contributed by atoms with E-state index in [9.17, 15) is 24.0 Å². The predicted octanol–water partition coefficient (Wildman–Crippen LogP) is 5.53. The van der Waals surface area contributed by atoms with Crippen LogP contribution in [0.4, 0.5) is 4.39 Å². The Labute approximate surface area is 192 Å². The molecule has 8 heteroatoms. The van der Waals surface area contributed by atoms with E-state index in [-0.39, 0.29) is 18.0 Å². The molecule has 3 rings (SSSR count). The molecule has 1 heterocycles. The number of nitrogens with zero attached hydrogens (tertiary/aromatic N) is 1. The molecule has 0 aliphatic heterocycles. The third kappa shape index (κ3) is 4.71. The van der Waals surface area contributed by atoms with Gasteiger partial charge in [0.05, 0.1) is 18.3 Å². The number of carbonyl (C=O) groups is 1. The van der Waals surface area contributed by atoms with Crippen LogP contribution in [0, 0.1) is 11.7 Å². The van der Waals surface area contributed by atoms with Gasteiger partial charge in [0.1, 0.15) is 5.82 Å². The van der Waals surface area contributed by atoms with Crippen molar-refractivity contribution in [3.63, 3.8) is 0 Å². The van der Waals surface area contributed by atoms with Crippen molar-refractivity contribution in [3.05, 3.63) is 83.8 Å². The Morgan fingerprint density at radius 2 is 1.82 bits per heavy atom. The average molecular weight is 470 g/mol. The van der Waals surface area contributed by atoms with E-state index >= 15 is 0 Å². The Bertz CT molecular complexity index is 1200. The van der Waals surface area contributed by atoms with Gasteiger partial charge in [0.25, 0.3) is 0 Å². The Morgan fingerprint density at radius 3 is 2.42 bits per heavy atom. The molecule has 0 aliphatic carbocycles. The van der Waals surface area contributed by atoms with Gasteiger partial charge in [0, 0.05) is 5.39 Å². The zero-order chi connectivity index (χ0) is 24.2. The van der Waals surface area contributed by atoms with Crippen molar-refractivity contribution in [1.82, 2.24) is 4.98 Å². The van der Waals surface area contributed by atoms with Crippen molar-refractivity contribution in [1.29, 1.82) is 0 Å². The number of rotatable bonds is 9. The van der Waals surface area contributed by atoms with E-state index in [1.165, 1.54) is 36.4 Å². The summed E-state index contributed by atoms with van der Waals surface area (Å²) in [6.45, 7) is 3.64. The highest BCUT2D eigenvalue weighted by Gasteiger charge is 2.71. The number of hydrogen-bond acceptors (Lipinski definition) is 5. The molecule has 0 aliphatic rings. The molecule has 2 aromatic carbocycles. The van der Waals surface area contributed by atoms with Gasteiger partial charge in [-0.15, -0.1) is 4.52 Å². The normalized spacial score (nSPS) is 16.0. The highest BCUT2D eigenvalue weighted by molar-refractivity contribution is 7.43. The molecule has 0 radical (unpaired) electrons. The maximum Gasteiger partial charge on any atom is 0.534 e. The third-order valence-corrected chi connectivity index (χ3v) is 7.14. The Kier molecular flexibility index (Phi) is 7.38. The fraction of sp³-hybridized carbons (Fsp3) is 0.280. The zero-order valence-electron chi connectivity index (χ0n) is 18.6. The molecular weight excluding hydrogens is 444 g/mol. The van der Waals surface area contributed by atoms with Gasteiger partial charge in [-0.3, -0.25) is 0 Å². The smallest absolute Gasteiger partial charge is 0.477 e. The van der Waals surface area contributed by atoms with Crippen molar-refractivity contribution < 1.29 is 28.5 Å². The minimum atomic E-state index is -2.95. The number of fused-ring (bicyclic) bond motifs is 1. The number of aliphatic carboxylic acids is 1. The second-order valence-electron chi connectivity index (χ2n) is 8.24. The van der Waals surface area contributed by atoms with Crippen LogP contribution in [0.3, 0.4) is 0 Å². The number of para-hydroxylation sites is 1. The summed E-state index contributed by atoms with van der Waals surface area (Å²) in [5.74, 6) is -2.15. The number of aromatic nitrogens is 1. The molecule has 3 unspecified atom stereocenters. The van der Waals surface area contributed by atoms with Gasteiger partial charge in [-0.25, -0.2) is 14.2 Å². The van der Waals surface area contributed by atoms with Crippen molar-refractivity contribution in [2.24, 2.45) is 5.92 Å². The van der Waals surface area contributed by atoms with Crippen LogP contribution >= 0.6 is 8.03 Å². The summed E-state index contributed by atoms with van der Waals surface area (Å²) in [6, 6.07) is 15.9. The van der Waals surface area contributed by atoms with E-state index in [1.54, 1.807) is 24.3 Å². The summed E-state index contributed by atoms with van der Waals surface area (Å²) in [5, 5.41) is 20.9. The van der Waals surface area contributed by atoms with Crippen LogP contribution in [-0.4, -0.2) is 33.4 Å². The van der Waals surface area contributed by atoms with E-state index in [0.29, 0.717) is 11.1 Å². The molecule has 1 aromatic heterocycles. The first-order chi connectivity index (χ1) is 15.6. The topological polar surface area (TPSA) is 96.7 Å². The first-order valence-corrected chi connectivity index (χ1v) is 11.6. The summed E-state index contributed by atoms with van der Waals surface area (Å²) in [4.78, 5) is 17.4. The lowest BCUT2D eigenvalue weighted by Gasteiger charge is -2.35. The van der Waals surface area contributed by atoms with Crippen LogP contribution in [0.2, 0.25) is 0 Å². The number of halogens is 1. The predicted molar refractivity (Wildman–Crippen MR) is 126 cm³/mol. The summed E-state index contributed by atoms with van der Waals surface area (Å²) in [5.41, 5.74) is -1.08. The van der Waals surface area contributed by atoms with Crippen molar-refractivity contribution in [2.75, 3.05) is 7.11 Å². The van der Waals surface area contributed by atoms with Gasteiger partial charge in [-0.1, -0.05) is 56.3 Å². The number of pyridine rings is 1. The summed E-state index contributed by atoms with van der Waals surface area (Å²) < 4.78 is 31.6. The van der Waals surface area contributed by atoms with Crippen LogP contribution in [-0.2, 0) is 19.5 Å². The molecule has 0 saturated heterocycles. The number of benzene rings is 2. The fourth-order valence-electron chi connectivity index (χ4n) is 3.95. The molecule has 0 bridgehead atoms. The molecule has 3 aromatic rings. The van der Waals surface area contributed by atoms with E-state index in [0.717, 1.165) is 12.5 Å². The number of hydrogen-bond donors (Lipinski definition) is 2. The molecule has 0 saturated carbocycles. The second-order valence-corrected chi connectivity index (χ2v) is 9.83. The lowest BCUT2D eigenvalue weighted by molar-refractivity contribution is -0.148. The summed E-state index contributed by atoms with van der Waals surface area (Å²) in [7, 11) is -1.82. The Morgan fingerprint density at radius 1 is 1.15 bits per heavy atom. The molecule has 0 amide bonds. The van der Waals surface area contributed by atoms with Crippen LogP contribution in [0.5, 0.6) is 0 Å². The van der Waals surface area contributed by atoms with Crippen molar-refractivity contribution in [3.8, 4) is 0 Å². The Balaban J connectivity index is 2.30. The molecule has 0 spiro atoms. The van der Waals surface area contributed by atoms with Crippen LogP contribution in [0.25, 0.3) is 17.0 Å². The van der Waals surface area contributed by atoms with Gasteiger partial charge in [0.2, 0.25) is 0 Å². The first-order valence-electron chi connectivity index (χ1n) is 10.4. The van der Waals surface area contributed by atoms with E-state index in [1.807, 2.05) is 26.0 Å². The van der Waals surface area contributed by atoms with Crippen LogP contribution in [0.15, 0.2) is 66.7 Å². The van der Waals surface area contributed by atoms with Crippen LogP contribution < -0.4 is 0 Å². The molecular formula is C25H26FNO5P+. The summed E-state index contributed by atoms with van der Waals surface area (Å²) in [6.07, 6.45) is 2.51. The molecule has 3 atom stereocenters. The largest absolute Gasteiger partial charge is 0.534 e. The van der Waals surface area contributed by atoms with Gasteiger partial charge >= 0.3 is 19.2 Å². The fourth-order valence-corrected chi connectivity index (χ4v) is 5.10. The number of aliphatic hydroxyl groups is 1. The molecule has 172 valence electrons.